The van der Waals surface area contributed by atoms with Gasteiger partial charge in [-0.25, -0.2) is 0 Å². The Hall–Kier alpha value is -0.900. The van der Waals surface area contributed by atoms with Gasteiger partial charge in [0.2, 0.25) is 5.91 Å². The van der Waals surface area contributed by atoms with E-state index in [1.54, 1.807) is 6.92 Å². The molecule has 1 fully saturated rings. The summed E-state index contributed by atoms with van der Waals surface area (Å²) in [5.41, 5.74) is 0. The molecule has 0 saturated carbocycles. The second-order valence-corrected chi connectivity index (χ2v) is 3.09. The van der Waals surface area contributed by atoms with Crippen molar-refractivity contribution < 1.29 is 14.3 Å². The fourth-order valence-electron chi connectivity index (χ4n) is 1.11. The molecule has 1 aliphatic rings. The van der Waals surface area contributed by atoms with Gasteiger partial charge >= 0.3 is 0 Å². The Morgan fingerprint density at radius 3 is 2.33 bits per heavy atom. The fraction of sp³-hybridized carbons (Fsp3) is 0.750. The van der Waals surface area contributed by atoms with Gasteiger partial charge in [0.15, 0.2) is 5.78 Å². The maximum absolute atomic E-state index is 11.3. The van der Waals surface area contributed by atoms with Gasteiger partial charge in [-0.2, -0.15) is 0 Å². The van der Waals surface area contributed by atoms with Crippen LogP contribution in [0.25, 0.3) is 0 Å². The van der Waals surface area contributed by atoms with Crippen molar-refractivity contribution in [1.82, 2.24) is 5.32 Å². The van der Waals surface area contributed by atoms with Gasteiger partial charge < -0.3 is 10.1 Å². The quantitative estimate of drug-likeness (QED) is 0.601. The average molecular weight is 171 g/mol. The topological polar surface area (TPSA) is 58.7 Å². The van der Waals surface area contributed by atoms with E-state index in [0.29, 0.717) is 0 Å². The fourth-order valence-corrected chi connectivity index (χ4v) is 1.11. The van der Waals surface area contributed by atoms with Crippen molar-refractivity contribution >= 4 is 11.7 Å². The van der Waals surface area contributed by atoms with Crippen LogP contribution in [-0.2, 0) is 14.3 Å². The lowest BCUT2D eigenvalue weighted by molar-refractivity contribution is -0.127. The third-order valence-corrected chi connectivity index (χ3v) is 1.84. The summed E-state index contributed by atoms with van der Waals surface area (Å²) in [6, 6.07) is -0.433. The van der Waals surface area contributed by atoms with Gasteiger partial charge in [0, 0.05) is 6.92 Å². The van der Waals surface area contributed by atoms with Crippen LogP contribution in [0.3, 0.4) is 0 Å². The summed E-state index contributed by atoms with van der Waals surface area (Å²) in [5, 5.41) is 2.52. The molecule has 1 saturated heterocycles. The minimum atomic E-state index is -0.433. The number of nitrogens with one attached hydrogen (secondary N) is 1. The number of carbonyl (C=O) groups is 2. The van der Waals surface area contributed by atoms with E-state index < -0.39 is 6.04 Å². The van der Waals surface area contributed by atoms with Crippen molar-refractivity contribution in [2.45, 2.75) is 39.0 Å². The number of epoxide rings is 1. The molecule has 1 N–H and O–H groups in total. The van der Waals surface area contributed by atoms with E-state index >= 15 is 0 Å². The molecule has 0 aliphatic carbocycles. The van der Waals surface area contributed by atoms with Crippen LogP contribution in [0.5, 0.6) is 0 Å². The molecule has 0 aromatic heterocycles. The van der Waals surface area contributed by atoms with Gasteiger partial charge in [-0.1, -0.05) is 0 Å². The first-order valence-electron chi connectivity index (χ1n) is 3.98. The lowest BCUT2D eigenvalue weighted by Gasteiger charge is -2.08. The Morgan fingerprint density at radius 2 is 2.00 bits per heavy atom. The van der Waals surface area contributed by atoms with Crippen LogP contribution in [0.4, 0.5) is 0 Å². The summed E-state index contributed by atoms with van der Waals surface area (Å²) in [6.07, 6.45) is -0.277. The van der Waals surface area contributed by atoms with Crippen LogP contribution in [0.15, 0.2) is 0 Å². The van der Waals surface area contributed by atoms with Crippen LogP contribution in [-0.4, -0.2) is 29.9 Å². The van der Waals surface area contributed by atoms with E-state index in [2.05, 4.69) is 5.32 Å². The number of amides is 1. The van der Waals surface area contributed by atoms with Gasteiger partial charge in [-0.05, 0) is 13.8 Å². The molecular formula is C8H13NO3. The Morgan fingerprint density at radius 1 is 1.50 bits per heavy atom. The first kappa shape index (κ1) is 9.19. The van der Waals surface area contributed by atoms with Gasteiger partial charge in [0.05, 0.1) is 12.1 Å². The Kier molecular flexibility index (Phi) is 2.47. The van der Waals surface area contributed by atoms with Crippen LogP contribution < -0.4 is 5.32 Å². The van der Waals surface area contributed by atoms with Gasteiger partial charge in [-0.3, -0.25) is 9.59 Å². The second-order valence-electron chi connectivity index (χ2n) is 3.09. The van der Waals surface area contributed by atoms with E-state index in [9.17, 15) is 9.59 Å². The third-order valence-electron chi connectivity index (χ3n) is 1.84. The minimum Gasteiger partial charge on any atom is -0.361 e. The lowest BCUT2D eigenvalue weighted by atomic mass is 10.1. The number of ketones is 1. The molecule has 68 valence electrons. The first-order chi connectivity index (χ1) is 5.52. The average Bonchev–Trinajstić information content (AvgIpc) is 2.64. The largest absolute Gasteiger partial charge is 0.361 e. The summed E-state index contributed by atoms with van der Waals surface area (Å²) >= 11 is 0. The summed E-state index contributed by atoms with van der Waals surface area (Å²) in [6.45, 7) is 4.89. The second kappa shape index (κ2) is 3.23. The molecular weight excluding hydrogens is 158 g/mol. The highest BCUT2D eigenvalue weighted by Gasteiger charge is 2.42. The first-order valence-corrected chi connectivity index (χ1v) is 3.98. The number of rotatable bonds is 3. The molecule has 0 aromatic rings. The SMILES string of the molecule is CC(=O)N[C@@H](C)C(=O)C1OC1C. The van der Waals surface area contributed by atoms with Crippen molar-refractivity contribution in [1.29, 1.82) is 0 Å². The van der Waals surface area contributed by atoms with E-state index in [-0.39, 0.29) is 23.9 Å². The van der Waals surface area contributed by atoms with E-state index in [1.165, 1.54) is 6.92 Å². The highest BCUT2D eigenvalue weighted by atomic mass is 16.6. The van der Waals surface area contributed by atoms with Gasteiger partial charge in [0.1, 0.15) is 6.10 Å². The highest BCUT2D eigenvalue weighted by Crippen LogP contribution is 2.22. The molecule has 0 spiro atoms. The molecule has 3 atom stereocenters. The maximum atomic E-state index is 11.3. The Bertz CT molecular complexity index is 214. The number of ether oxygens (including phenoxy) is 1. The summed E-state index contributed by atoms with van der Waals surface area (Å²) in [5.74, 6) is -0.234. The number of carbonyl (C=O) groups excluding carboxylic acids is 2. The Labute approximate surface area is 71.3 Å². The summed E-state index contributed by atoms with van der Waals surface area (Å²) in [7, 11) is 0. The molecule has 1 amide bonds. The van der Waals surface area contributed by atoms with Gasteiger partial charge in [-0.15, -0.1) is 0 Å². The smallest absolute Gasteiger partial charge is 0.217 e. The molecule has 2 unspecified atom stereocenters. The number of Topliss-reactive ketones (excluding diaryl/α,β-unsaturated/α-hetero) is 1. The zero-order valence-corrected chi connectivity index (χ0v) is 7.46. The zero-order valence-electron chi connectivity index (χ0n) is 7.46. The third kappa shape index (κ3) is 2.04. The summed E-state index contributed by atoms with van der Waals surface area (Å²) < 4.78 is 4.98. The van der Waals surface area contributed by atoms with Crippen LogP contribution >= 0.6 is 0 Å². The molecule has 0 radical (unpaired) electrons. The molecule has 1 aliphatic heterocycles. The standard InChI is InChI=1S/C8H13NO3/c1-4(9-6(3)10)7(11)8-5(2)12-8/h4-5,8H,1-3H3,(H,9,10)/t4-,5?,8?/m0/s1. The van der Waals surface area contributed by atoms with Gasteiger partial charge in [0.25, 0.3) is 0 Å². The van der Waals surface area contributed by atoms with Crippen molar-refractivity contribution in [3.05, 3.63) is 0 Å². The van der Waals surface area contributed by atoms with E-state index in [1.807, 2.05) is 6.92 Å². The van der Waals surface area contributed by atoms with E-state index in [4.69, 9.17) is 4.74 Å². The Balaban J connectivity index is 2.37. The summed E-state index contributed by atoms with van der Waals surface area (Å²) in [4.78, 5) is 21.9. The van der Waals surface area contributed by atoms with Crippen LogP contribution in [0.2, 0.25) is 0 Å². The maximum Gasteiger partial charge on any atom is 0.217 e. The highest BCUT2D eigenvalue weighted by molar-refractivity contribution is 5.93. The van der Waals surface area contributed by atoms with Crippen molar-refractivity contribution in [3.8, 4) is 0 Å². The molecule has 1 rings (SSSR count). The normalized spacial score (nSPS) is 29.2. The lowest BCUT2D eigenvalue weighted by Crippen LogP contribution is -2.39. The molecule has 12 heavy (non-hydrogen) atoms. The van der Waals surface area contributed by atoms with Crippen molar-refractivity contribution in [2.75, 3.05) is 0 Å². The molecule has 0 bridgehead atoms. The minimum absolute atomic E-state index is 0.0220. The van der Waals surface area contributed by atoms with Crippen LogP contribution in [0, 0.1) is 0 Å². The zero-order chi connectivity index (χ0) is 9.30. The predicted octanol–water partition coefficient (Wildman–Crippen LogP) is -0.133. The van der Waals surface area contributed by atoms with Crippen molar-refractivity contribution in [3.63, 3.8) is 0 Å². The molecule has 4 heteroatoms. The monoisotopic (exact) mass is 171 g/mol. The molecule has 4 nitrogen and oxygen atoms in total. The van der Waals surface area contributed by atoms with E-state index in [0.717, 1.165) is 0 Å². The molecule has 0 aromatic carbocycles. The van der Waals surface area contributed by atoms with Crippen LogP contribution in [0.1, 0.15) is 20.8 Å². The van der Waals surface area contributed by atoms with Crippen molar-refractivity contribution in [2.24, 2.45) is 0 Å². The number of hydrogen-bond donors (Lipinski definition) is 1. The molecule has 1 heterocycles. The number of hydrogen-bond acceptors (Lipinski definition) is 3. The predicted molar refractivity (Wildman–Crippen MR) is 42.6 cm³/mol.